The number of aliphatic carboxylic acids is 1. The van der Waals surface area contributed by atoms with E-state index >= 15 is 0 Å². The third-order valence-corrected chi connectivity index (χ3v) is 13.5. The van der Waals surface area contributed by atoms with Gasteiger partial charge < -0.3 is 33.3 Å². The summed E-state index contributed by atoms with van der Waals surface area (Å²) in [7, 11) is 5.92. The third kappa shape index (κ3) is 61.3. The Labute approximate surface area is 491 Å². The number of allylic oxidation sites excluding steroid dienone is 20. The molecule has 0 aromatic carbocycles. The molecule has 0 aromatic heterocycles. The van der Waals surface area contributed by atoms with Crippen molar-refractivity contribution in [3.8, 4) is 0 Å². The molecule has 2 unspecified atom stereocenters. The van der Waals surface area contributed by atoms with Gasteiger partial charge in [0.05, 0.1) is 40.3 Å². The average Bonchev–Trinajstić information content (AvgIpc) is 3.43. The molecule has 0 aliphatic rings. The molecular formula is C71H119NO8. The van der Waals surface area contributed by atoms with E-state index in [9.17, 15) is 19.5 Å². The van der Waals surface area contributed by atoms with Crippen molar-refractivity contribution in [2.24, 2.45) is 0 Å². The molecule has 0 radical (unpaired) electrons. The van der Waals surface area contributed by atoms with Crippen molar-refractivity contribution in [1.82, 2.24) is 0 Å². The number of carboxylic acids is 1. The number of likely N-dealkylation sites (N-methyl/N-ethyl adjacent to an activating group) is 1. The van der Waals surface area contributed by atoms with Gasteiger partial charge in [0.2, 0.25) is 0 Å². The molecule has 9 heteroatoms. The number of nitrogens with zero attached hydrogens (tertiary/aromatic N) is 1. The van der Waals surface area contributed by atoms with Gasteiger partial charge in [-0.15, -0.1) is 0 Å². The first kappa shape index (κ1) is 75.7. The Balaban J connectivity index is 4.18. The van der Waals surface area contributed by atoms with Crippen LogP contribution in [0.25, 0.3) is 0 Å². The lowest BCUT2D eigenvalue weighted by atomic mass is 10.0. The topological polar surface area (TPSA) is 111 Å². The predicted octanol–water partition coefficient (Wildman–Crippen LogP) is 18.3. The number of hydrogen-bond acceptors (Lipinski definition) is 8. The Morgan fingerprint density at radius 1 is 0.388 bits per heavy atom. The molecule has 0 heterocycles. The van der Waals surface area contributed by atoms with Crippen molar-refractivity contribution < 1.29 is 42.9 Å². The van der Waals surface area contributed by atoms with Crippen LogP contribution in [0.1, 0.15) is 251 Å². The zero-order valence-electron chi connectivity index (χ0n) is 51.9. The Bertz CT molecular complexity index is 1730. The van der Waals surface area contributed by atoms with Crippen molar-refractivity contribution in [2.75, 3.05) is 47.5 Å². The van der Waals surface area contributed by atoms with Crippen molar-refractivity contribution >= 4 is 17.9 Å². The largest absolute Gasteiger partial charge is 0.545 e. The highest BCUT2D eigenvalue weighted by Crippen LogP contribution is 2.16. The molecule has 0 fully saturated rings. The van der Waals surface area contributed by atoms with Gasteiger partial charge in [-0.1, -0.05) is 270 Å². The quantitative estimate of drug-likeness (QED) is 0.0195. The molecule has 0 saturated carbocycles. The maximum absolute atomic E-state index is 12.9. The van der Waals surface area contributed by atoms with Crippen LogP contribution >= 0.6 is 0 Å². The van der Waals surface area contributed by atoms with Gasteiger partial charge in [-0.05, 0) is 89.9 Å². The van der Waals surface area contributed by atoms with Gasteiger partial charge in [0.25, 0.3) is 0 Å². The maximum Gasteiger partial charge on any atom is 0.306 e. The summed E-state index contributed by atoms with van der Waals surface area (Å²) in [5.74, 6) is -2.30. The summed E-state index contributed by atoms with van der Waals surface area (Å²) in [6.07, 6.45) is 82.6. The van der Waals surface area contributed by atoms with E-state index in [0.717, 1.165) is 109 Å². The van der Waals surface area contributed by atoms with Crippen LogP contribution in [0.4, 0.5) is 0 Å². The van der Waals surface area contributed by atoms with Crippen LogP contribution in [0.15, 0.2) is 122 Å². The van der Waals surface area contributed by atoms with Crippen LogP contribution in [0.2, 0.25) is 0 Å². The maximum atomic E-state index is 12.9. The molecule has 456 valence electrons. The zero-order chi connectivity index (χ0) is 58.3. The molecule has 0 rings (SSSR count). The van der Waals surface area contributed by atoms with E-state index in [1.165, 1.54) is 109 Å². The lowest BCUT2D eigenvalue weighted by molar-refractivity contribution is -0.870. The van der Waals surface area contributed by atoms with E-state index in [2.05, 4.69) is 135 Å². The first-order valence-electron chi connectivity index (χ1n) is 32.2. The van der Waals surface area contributed by atoms with Crippen molar-refractivity contribution in [3.63, 3.8) is 0 Å². The number of rotatable bonds is 58. The first-order valence-corrected chi connectivity index (χ1v) is 32.2. The summed E-state index contributed by atoms with van der Waals surface area (Å²) in [5, 5.41) is 11.8. The third-order valence-electron chi connectivity index (χ3n) is 13.5. The molecule has 80 heavy (non-hydrogen) atoms. The number of unbranched alkanes of at least 4 members (excludes halogenated alkanes) is 23. The highest BCUT2D eigenvalue weighted by molar-refractivity contribution is 5.70. The minimum atomic E-state index is -1.63. The Morgan fingerprint density at radius 3 is 1.06 bits per heavy atom. The molecular weight excluding hydrogens is 995 g/mol. The minimum Gasteiger partial charge on any atom is -0.545 e. The fourth-order valence-corrected chi connectivity index (χ4v) is 8.56. The molecule has 0 aromatic rings. The van der Waals surface area contributed by atoms with E-state index in [4.69, 9.17) is 18.9 Å². The number of quaternary nitrogens is 1. The van der Waals surface area contributed by atoms with Crippen LogP contribution in [0.3, 0.4) is 0 Å². The molecule has 2 atom stereocenters. The lowest BCUT2D eigenvalue weighted by Gasteiger charge is -2.26. The normalized spacial score (nSPS) is 13.6. The minimum absolute atomic E-state index is 0.142. The fourth-order valence-electron chi connectivity index (χ4n) is 8.56. The summed E-state index contributed by atoms with van der Waals surface area (Å²) in [6.45, 7) is 4.63. The van der Waals surface area contributed by atoms with Gasteiger partial charge in [0.1, 0.15) is 13.2 Å². The second kappa shape index (κ2) is 60.8. The van der Waals surface area contributed by atoms with E-state index in [1.54, 1.807) is 0 Å². The van der Waals surface area contributed by atoms with Gasteiger partial charge in [0, 0.05) is 12.8 Å². The van der Waals surface area contributed by atoms with E-state index < -0.39 is 24.3 Å². The first-order chi connectivity index (χ1) is 39.1. The summed E-state index contributed by atoms with van der Waals surface area (Å²) in [4.78, 5) is 37.3. The predicted molar refractivity (Wildman–Crippen MR) is 338 cm³/mol. The summed E-state index contributed by atoms with van der Waals surface area (Å²) < 4.78 is 22.7. The zero-order valence-corrected chi connectivity index (χ0v) is 51.9. The van der Waals surface area contributed by atoms with Gasteiger partial charge in [-0.3, -0.25) is 9.59 Å². The lowest BCUT2D eigenvalue weighted by Crippen LogP contribution is -2.44. The number of carbonyl (C=O) groups excluding carboxylic acids is 3. The molecule has 9 nitrogen and oxygen atoms in total. The number of esters is 2. The standard InChI is InChI=1S/C71H119NO8/c1-6-8-10-12-14-16-18-20-22-24-25-26-27-28-29-30-31-32-33-34-35-36-37-38-39-40-41-42-43-44-45-46-48-50-52-54-56-58-60-62-69(74)80-67(66-79-71(70(75)76)77-64-63-72(3,4)5)65-78-68(73)61-59-57-55-53-51-49-47-23-21-19-17-15-13-11-9-7-2/h8,10,14,16,20,22,25-26,28-29,31-32,34-35,37-38,40-41,43-44,67,71H,6-7,9,11-13,15,17-19,21,23-24,27,30,33,36,39,42,45-66H2,1-5H3/b10-8-,16-14-,22-20-,26-25-,29-28-,32-31-,35-34-,38-37-,41-40-,44-43-. The Kier molecular flexibility index (Phi) is 57.5. The van der Waals surface area contributed by atoms with Gasteiger partial charge >= 0.3 is 11.9 Å². The Morgan fingerprint density at radius 2 is 0.713 bits per heavy atom. The van der Waals surface area contributed by atoms with Gasteiger partial charge in [-0.25, -0.2) is 0 Å². The highest BCUT2D eigenvalue weighted by atomic mass is 16.7. The second-order valence-corrected chi connectivity index (χ2v) is 22.3. The van der Waals surface area contributed by atoms with E-state index in [-0.39, 0.29) is 38.6 Å². The number of ether oxygens (including phenoxy) is 4. The van der Waals surface area contributed by atoms with Crippen LogP contribution in [0.5, 0.6) is 0 Å². The van der Waals surface area contributed by atoms with Crippen LogP contribution < -0.4 is 5.11 Å². The van der Waals surface area contributed by atoms with Gasteiger partial charge in [-0.2, -0.15) is 0 Å². The summed E-state index contributed by atoms with van der Waals surface area (Å²) in [6, 6.07) is 0. The fraction of sp³-hybridized carbons (Fsp3) is 0.676. The van der Waals surface area contributed by atoms with Crippen molar-refractivity contribution in [3.05, 3.63) is 122 Å². The molecule has 0 amide bonds. The van der Waals surface area contributed by atoms with Crippen LogP contribution in [0, 0.1) is 0 Å². The highest BCUT2D eigenvalue weighted by Gasteiger charge is 2.22. The van der Waals surface area contributed by atoms with Crippen molar-refractivity contribution in [2.45, 2.75) is 264 Å². The molecule has 0 spiro atoms. The number of carboxylic acid groups (broad SMARTS) is 1. The monoisotopic (exact) mass is 1110 g/mol. The van der Waals surface area contributed by atoms with Crippen LogP contribution in [-0.2, 0) is 33.3 Å². The Hall–Kier alpha value is -4.31. The molecule has 0 aliphatic heterocycles. The second-order valence-electron chi connectivity index (χ2n) is 22.3. The van der Waals surface area contributed by atoms with E-state index in [0.29, 0.717) is 17.4 Å². The summed E-state index contributed by atoms with van der Waals surface area (Å²) in [5.41, 5.74) is 0. The number of carbonyl (C=O) groups is 3. The summed E-state index contributed by atoms with van der Waals surface area (Å²) >= 11 is 0. The van der Waals surface area contributed by atoms with Gasteiger partial charge in [0.15, 0.2) is 12.4 Å². The molecule has 0 saturated heterocycles. The molecule has 0 N–H and O–H groups in total. The van der Waals surface area contributed by atoms with E-state index in [1.807, 2.05) is 21.1 Å². The SMILES string of the molecule is CC/C=C\C/C=C\C/C=C\C/C=C\C/C=C\C/C=C\C/C=C\C/C=C\C/C=C\C/C=C\CCCCCCCCCCC(=O)OC(COC(=O)CCCCCCCCCCCCCCCCCC)COC(OCC[N+](C)(C)C)C(=O)[O-]. The average molecular weight is 1110 g/mol. The smallest absolute Gasteiger partial charge is 0.306 e. The number of hydrogen-bond donors (Lipinski definition) is 0. The van der Waals surface area contributed by atoms with Crippen molar-refractivity contribution in [1.29, 1.82) is 0 Å². The van der Waals surface area contributed by atoms with Crippen LogP contribution in [-0.4, -0.2) is 82.3 Å². The molecule has 0 aliphatic carbocycles. The molecule has 0 bridgehead atoms.